The quantitative estimate of drug-likeness (QED) is 0.591. The van der Waals surface area contributed by atoms with Crippen LogP contribution < -0.4 is 10.6 Å². The zero-order chi connectivity index (χ0) is 23.7. The van der Waals surface area contributed by atoms with Gasteiger partial charge in [-0.1, -0.05) is 49.4 Å². The number of benzene rings is 2. The number of nitrogens with zero attached hydrogens (tertiary/aromatic N) is 1. The third-order valence-corrected chi connectivity index (χ3v) is 7.09. The second kappa shape index (κ2) is 9.35. The number of hydrogen-bond donors (Lipinski definition) is 3. The Kier molecular flexibility index (Phi) is 6.51. The van der Waals surface area contributed by atoms with Crippen molar-refractivity contribution in [2.45, 2.75) is 32.4 Å². The molecular formula is C26H31N3O4. The maximum absolute atomic E-state index is 13.6. The summed E-state index contributed by atoms with van der Waals surface area (Å²) in [7, 11) is 1.57. The molecule has 3 N–H and O–H groups in total. The van der Waals surface area contributed by atoms with Gasteiger partial charge in [0.2, 0.25) is 17.7 Å². The van der Waals surface area contributed by atoms with E-state index in [4.69, 9.17) is 0 Å². The number of aliphatic hydroxyl groups is 1. The average Bonchev–Trinajstić information content (AvgIpc) is 3.14. The molecule has 1 aliphatic heterocycles. The first-order valence-electron chi connectivity index (χ1n) is 11.5. The lowest BCUT2D eigenvalue weighted by Gasteiger charge is -2.33. The van der Waals surface area contributed by atoms with Gasteiger partial charge >= 0.3 is 0 Å². The summed E-state index contributed by atoms with van der Waals surface area (Å²) in [4.78, 5) is 41.4. The molecular weight excluding hydrogens is 418 g/mol. The maximum Gasteiger partial charge on any atom is 0.247 e. The number of nitrogens with one attached hydrogen (secondary N) is 2. The molecule has 1 saturated heterocycles. The minimum absolute atomic E-state index is 0.0799. The molecule has 1 fully saturated rings. The Bertz CT molecular complexity index is 1100. The number of likely N-dealkylation sites (tertiary alicyclic amines) is 1. The molecule has 0 saturated carbocycles. The second-order valence-electron chi connectivity index (χ2n) is 8.97. The summed E-state index contributed by atoms with van der Waals surface area (Å²) in [6, 6.07) is 12.2. The number of carbonyl (C=O) groups is 3. The minimum Gasteiger partial charge on any atom is -0.394 e. The van der Waals surface area contributed by atoms with Gasteiger partial charge in [-0.3, -0.25) is 14.4 Å². The molecule has 0 unspecified atom stereocenters. The SMILES string of the molecule is CC[C@@H]1C=C[C@H]2[C@H](C(=O)N([C@H](C)CO)[C@@H]2C(=O)Nc2ccc3ccccc3c2)[C@@H]1C(=O)NC. The first kappa shape index (κ1) is 23.0. The Labute approximate surface area is 193 Å². The van der Waals surface area contributed by atoms with Gasteiger partial charge in [-0.2, -0.15) is 0 Å². The van der Waals surface area contributed by atoms with E-state index in [1.807, 2.05) is 61.5 Å². The highest BCUT2D eigenvalue weighted by atomic mass is 16.3. The first-order chi connectivity index (χ1) is 15.9. The molecule has 3 amide bonds. The molecule has 174 valence electrons. The Hall–Kier alpha value is -3.19. The number of allylic oxidation sites excluding steroid dienone is 1. The van der Waals surface area contributed by atoms with E-state index in [2.05, 4.69) is 10.6 Å². The summed E-state index contributed by atoms with van der Waals surface area (Å²) in [6.45, 7) is 3.45. The van der Waals surface area contributed by atoms with Crippen LogP contribution in [0.25, 0.3) is 10.8 Å². The van der Waals surface area contributed by atoms with Crippen molar-refractivity contribution in [2.24, 2.45) is 23.7 Å². The van der Waals surface area contributed by atoms with Crippen LogP contribution in [0.1, 0.15) is 20.3 Å². The third kappa shape index (κ3) is 4.02. The number of carbonyl (C=O) groups excluding carboxylic acids is 3. The Morgan fingerprint density at radius 1 is 1.09 bits per heavy atom. The van der Waals surface area contributed by atoms with Crippen LogP contribution in [0.4, 0.5) is 5.69 Å². The summed E-state index contributed by atoms with van der Waals surface area (Å²) >= 11 is 0. The molecule has 6 atom stereocenters. The van der Waals surface area contributed by atoms with E-state index in [0.29, 0.717) is 12.1 Å². The van der Waals surface area contributed by atoms with Crippen LogP contribution in [0.3, 0.4) is 0 Å². The van der Waals surface area contributed by atoms with Gasteiger partial charge < -0.3 is 20.6 Å². The van der Waals surface area contributed by atoms with Crippen LogP contribution in [0, 0.1) is 23.7 Å². The highest BCUT2D eigenvalue weighted by Crippen LogP contribution is 2.45. The van der Waals surface area contributed by atoms with Crippen LogP contribution in [0.2, 0.25) is 0 Å². The van der Waals surface area contributed by atoms with Crippen LogP contribution in [-0.2, 0) is 14.4 Å². The Morgan fingerprint density at radius 2 is 1.82 bits per heavy atom. The van der Waals surface area contributed by atoms with Crippen LogP contribution in [0.5, 0.6) is 0 Å². The zero-order valence-corrected chi connectivity index (χ0v) is 19.2. The average molecular weight is 450 g/mol. The zero-order valence-electron chi connectivity index (χ0n) is 19.2. The van der Waals surface area contributed by atoms with Crippen LogP contribution >= 0.6 is 0 Å². The Balaban J connectivity index is 1.70. The van der Waals surface area contributed by atoms with Gasteiger partial charge in [0.25, 0.3) is 0 Å². The maximum atomic E-state index is 13.6. The molecule has 2 aromatic carbocycles. The predicted octanol–water partition coefficient (Wildman–Crippen LogP) is 2.56. The molecule has 0 spiro atoms. The van der Waals surface area contributed by atoms with Crippen molar-refractivity contribution < 1.29 is 19.5 Å². The van der Waals surface area contributed by atoms with Crippen molar-refractivity contribution in [2.75, 3.05) is 19.0 Å². The van der Waals surface area contributed by atoms with Gasteiger partial charge in [0.1, 0.15) is 6.04 Å². The van der Waals surface area contributed by atoms with E-state index >= 15 is 0 Å². The van der Waals surface area contributed by atoms with E-state index in [1.165, 1.54) is 4.90 Å². The number of hydrogen-bond acceptors (Lipinski definition) is 4. The molecule has 2 aliphatic rings. The van der Waals surface area contributed by atoms with E-state index in [1.54, 1.807) is 14.0 Å². The lowest BCUT2D eigenvalue weighted by Crippen LogP contribution is -2.49. The van der Waals surface area contributed by atoms with E-state index in [-0.39, 0.29) is 30.2 Å². The van der Waals surface area contributed by atoms with E-state index < -0.39 is 29.8 Å². The lowest BCUT2D eigenvalue weighted by molar-refractivity contribution is -0.142. The topological polar surface area (TPSA) is 98.7 Å². The smallest absolute Gasteiger partial charge is 0.247 e. The number of aliphatic hydroxyl groups excluding tert-OH is 1. The summed E-state index contributed by atoms with van der Waals surface area (Å²) < 4.78 is 0. The third-order valence-electron chi connectivity index (χ3n) is 7.09. The molecule has 2 aromatic rings. The van der Waals surface area contributed by atoms with Gasteiger partial charge in [0.05, 0.1) is 24.5 Å². The van der Waals surface area contributed by atoms with Crippen molar-refractivity contribution in [3.8, 4) is 0 Å². The predicted molar refractivity (Wildman–Crippen MR) is 127 cm³/mol. The van der Waals surface area contributed by atoms with Gasteiger partial charge in [0, 0.05) is 18.7 Å². The summed E-state index contributed by atoms with van der Waals surface area (Å²) in [6.07, 6.45) is 4.61. The molecule has 7 heteroatoms. The minimum atomic E-state index is -0.808. The van der Waals surface area contributed by atoms with Gasteiger partial charge in [-0.25, -0.2) is 0 Å². The van der Waals surface area contributed by atoms with Crippen LogP contribution in [-0.4, -0.2) is 53.5 Å². The molecule has 0 bridgehead atoms. The second-order valence-corrected chi connectivity index (χ2v) is 8.97. The molecule has 33 heavy (non-hydrogen) atoms. The fraction of sp³-hybridized carbons (Fsp3) is 0.423. The van der Waals surface area contributed by atoms with Gasteiger partial charge in [-0.15, -0.1) is 0 Å². The van der Waals surface area contributed by atoms with Crippen molar-refractivity contribution in [3.63, 3.8) is 0 Å². The van der Waals surface area contributed by atoms with Crippen molar-refractivity contribution in [1.29, 1.82) is 0 Å². The van der Waals surface area contributed by atoms with Gasteiger partial charge in [0.15, 0.2) is 0 Å². The Morgan fingerprint density at radius 3 is 2.48 bits per heavy atom. The van der Waals surface area contributed by atoms with E-state index in [9.17, 15) is 19.5 Å². The summed E-state index contributed by atoms with van der Waals surface area (Å²) in [5, 5.41) is 17.6. The largest absolute Gasteiger partial charge is 0.394 e. The number of rotatable bonds is 6. The molecule has 4 rings (SSSR count). The molecule has 1 heterocycles. The fourth-order valence-electron chi connectivity index (χ4n) is 5.41. The molecule has 0 aromatic heterocycles. The van der Waals surface area contributed by atoms with Crippen molar-refractivity contribution in [3.05, 3.63) is 54.6 Å². The normalized spacial score (nSPS) is 27.3. The monoisotopic (exact) mass is 449 g/mol. The highest BCUT2D eigenvalue weighted by Gasteiger charge is 2.57. The standard InChI is InChI=1S/C26H31N3O4/c1-4-16-10-12-20-22(21(16)24(31)27-3)26(33)29(15(2)14-30)23(20)25(32)28-19-11-9-17-7-5-6-8-18(17)13-19/h5-13,15-16,20-23,30H,4,14H2,1-3H3,(H,27,31)(H,28,32)/t15-,16-,20+,21-,22+,23+/m1/s1. The summed E-state index contributed by atoms with van der Waals surface area (Å²) in [5.74, 6) is -2.48. The van der Waals surface area contributed by atoms with E-state index in [0.717, 1.165) is 10.8 Å². The number of fused-ring (bicyclic) bond motifs is 2. The first-order valence-corrected chi connectivity index (χ1v) is 11.5. The van der Waals surface area contributed by atoms with Crippen molar-refractivity contribution >= 4 is 34.2 Å². The lowest BCUT2D eigenvalue weighted by atomic mass is 9.69. The van der Waals surface area contributed by atoms with Crippen molar-refractivity contribution in [1.82, 2.24) is 10.2 Å². The fourth-order valence-corrected chi connectivity index (χ4v) is 5.41. The number of amides is 3. The van der Waals surface area contributed by atoms with Gasteiger partial charge in [-0.05, 0) is 42.2 Å². The summed E-state index contributed by atoms with van der Waals surface area (Å²) in [5.41, 5.74) is 0.639. The molecule has 0 radical (unpaired) electrons. The molecule has 7 nitrogen and oxygen atoms in total. The number of anilines is 1. The van der Waals surface area contributed by atoms with Crippen LogP contribution in [0.15, 0.2) is 54.6 Å². The molecule has 1 aliphatic carbocycles. The highest BCUT2D eigenvalue weighted by molar-refractivity contribution is 6.03.